The Morgan fingerprint density at radius 1 is 1.26 bits per heavy atom. The molecule has 0 radical (unpaired) electrons. The van der Waals surface area contributed by atoms with Gasteiger partial charge in [0.1, 0.15) is 12.3 Å². The van der Waals surface area contributed by atoms with E-state index in [4.69, 9.17) is 4.74 Å². The predicted octanol–water partition coefficient (Wildman–Crippen LogP) is 1.23. The van der Waals surface area contributed by atoms with E-state index in [-0.39, 0.29) is 13.0 Å². The number of hydrogen-bond acceptors (Lipinski definition) is 5. The van der Waals surface area contributed by atoms with Crippen molar-refractivity contribution >= 4 is 17.8 Å². The number of nitrogens with one attached hydrogen (secondary N) is 1. The molecule has 0 aromatic rings. The van der Waals surface area contributed by atoms with Crippen molar-refractivity contribution in [2.75, 3.05) is 20.3 Å². The van der Waals surface area contributed by atoms with Crippen LogP contribution in [-0.2, 0) is 19.1 Å². The van der Waals surface area contributed by atoms with E-state index in [9.17, 15) is 18.8 Å². The zero-order valence-electron chi connectivity index (χ0n) is 11.6. The Morgan fingerprint density at radius 3 is 2.26 bits per heavy atom. The lowest BCUT2D eigenvalue weighted by atomic mass is 10.0. The summed E-state index contributed by atoms with van der Waals surface area (Å²) in [5, 5.41) is 2.35. The van der Waals surface area contributed by atoms with Gasteiger partial charge >= 0.3 is 12.1 Å². The number of Topliss-reactive ketones (excluding diaryl/α,β-unsaturated/α-hetero) is 1. The molecule has 19 heavy (non-hydrogen) atoms. The number of hydrogen-bond donors (Lipinski definition) is 1. The van der Waals surface area contributed by atoms with Crippen LogP contribution in [0.1, 0.15) is 27.2 Å². The lowest BCUT2D eigenvalue weighted by Crippen LogP contribution is -2.38. The van der Waals surface area contributed by atoms with Gasteiger partial charge in [-0.1, -0.05) is 0 Å². The number of halogens is 1. The number of carbonyl (C=O) groups is 3. The monoisotopic (exact) mass is 277 g/mol. The van der Waals surface area contributed by atoms with Crippen LogP contribution in [0.3, 0.4) is 0 Å². The van der Waals surface area contributed by atoms with Crippen LogP contribution in [0.25, 0.3) is 0 Å². The topological polar surface area (TPSA) is 81.7 Å². The smallest absolute Gasteiger partial charge is 0.407 e. The van der Waals surface area contributed by atoms with Crippen molar-refractivity contribution in [3.8, 4) is 0 Å². The molecule has 1 N–H and O–H groups in total. The van der Waals surface area contributed by atoms with E-state index in [0.717, 1.165) is 7.11 Å². The van der Waals surface area contributed by atoms with E-state index >= 15 is 0 Å². The van der Waals surface area contributed by atoms with Gasteiger partial charge in [0.15, 0.2) is 5.78 Å². The van der Waals surface area contributed by atoms with E-state index in [2.05, 4.69) is 10.1 Å². The fourth-order valence-corrected chi connectivity index (χ4v) is 1.26. The summed E-state index contributed by atoms with van der Waals surface area (Å²) in [6.45, 7) is 3.78. The van der Waals surface area contributed by atoms with E-state index in [1.807, 2.05) is 0 Å². The van der Waals surface area contributed by atoms with Gasteiger partial charge in [-0.05, 0) is 20.8 Å². The number of esters is 1. The molecule has 0 rings (SSSR count). The zero-order chi connectivity index (χ0) is 15.1. The SMILES string of the molecule is COC(=O)C(CNC(=O)OC(C)(C)C)CC(=O)CF. The molecule has 1 unspecified atom stereocenters. The van der Waals surface area contributed by atoms with Crippen LogP contribution < -0.4 is 5.32 Å². The summed E-state index contributed by atoms with van der Waals surface area (Å²) in [6.07, 6.45) is -1.03. The molecule has 0 aliphatic heterocycles. The normalized spacial score (nSPS) is 12.5. The fourth-order valence-electron chi connectivity index (χ4n) is 1.26. The molecule has 0 fully saturated rings. The highest BCUT2D eigenvalue weighted by Crippen LogP contribution is 2.09. The highest BCUT2D eigenvalue weighted by atomic mass is 19.1. The minimum absolute atomic E-state index is 0.146. The van der Waals surface area contributed by atoms with Gasteiger partial charge < -0.3 is 14.8 Å². The van der Waals surface area contributed by atoms with Crippen molar-refractivity contribution in [3.05, 3.63) is 0 Å². The molecule has 7 heteroatoms. The third-order valence-corrected chi connectivity index (χ3v) is 2.05. The van der Waals surface area contributed by atoms with Gasteiger partial charge in [0.2, 0.25) is 0 Å². The summed E-state index contributed by atoms with van der Waals surface area (Å²) in [5.41, 5.74) is -0.667. The Labute approximate surface area is 111 Å². The molecule has 6 nitrogen and oxygen atoms in total. The maximum atomic E-state index is 12.1. The van der Waals surface area contributed by atoms with Gasteiger partial charge in [0.25, 0.3) is 0 Å². The van der Waals surface area contributed by atoms with E-state index in [0.29, 0.717) is 0 Å². The van der Waals surface area contributed by atoms with Crippen molar-refractivity contribution in [1.82, 2.24) is 5.32 Å². The Balaban J connectivity index is 4.38. The van der Waals surface area contributed by atoms with Crippen LogP contribution in [0, 0.1) is 5.92 Å². The maximum absolute atomic E-state index is 12.1. The van der Waals surface area contributed by atoms with Crippen molar-refractivity contribution < 1.29 is 28.2 Å². The maximum Gasteiger partial charge on any atom is 0.407 e. The average molecular weight is 277 g/mol. The van der Waals surface area contributed by atoms with Crippen LogP contribution >= 0.6 is 0 Å². The molecule has 0 spiro atoms. The summed E-state index contributed by atoms with van der Waals surface area (Å²) in [4.78, 5) is 33.7. The molecule has 0 aromatic heterocycles. The Morgan fingerprint density at radius 2 is 1.84 bits per heavy atom. The molecule has 0 aliphatic carbocycles. The molecule has 0 saturated carbocycles. The quantitative estimate of drug-likeness (QED) is 0.738. The third-order valence-electron chi connectivity index (χ3n) is 2.05. The summed E-state index contributed by atoms with van der Waals surface area (Å²) >= 11 is 0. The van der Waals surface area contributed by atoms with Gasteiger partial charge in [-0.2, -0.15) is 0 Å². The Kier molecular flexibility index (Phi) is 7.03. The lowest BCUT2D eigenvalue weighted by Gasteiger charge is -2.21. The molecule has 0 saturated heterocycles. The van der Waals surface area contributed by atoms with Crippen LogP contribution in [0.15, 0.2) is 0 Å². The standard InChI is InChI=1S/C12H20FNO5/c1-12(2,3)19-11(17)14-7-8(10(16)18-4)5-9(15)6-13/h8H,5-7H2,1-4H3,(H,14,17). The number of alkyl carbamates (subject to hydrolysis) is 1. The molecule has 1 atom stereocenters. The van der Waals surface area contributed by atoms with Gasteiger partial charge in [-0.15, -0.1) is 0 Å². The Bertz CT molecular complexity index is 338. The van der Waals surface area contributed by atoms with E-state index in [1.165, 1.54) is 0 Å². The van der Waals surface area contributed by atoms with Crippen LogP contribution in [-0.4, -0.2) is 43.8 Å². The van der Waals surface area contributed by atoms with Crippen LogP contribution in [0.2, 0.25) is 0 Å². The zero-order valence-corrected chi connectivity index (χ0v) is 11.6. The summed E-state index contributed by atoms with van der Waals surface area (Å²) in [5.74, 6) is -2.32. The molecule has 110 valence electrons. The van der Waals surface area contributed by atoms with Gasteiger partial charge in [0, 0.05) is 13.0 Å². The first-order valence-electron chi connectivity index (χ1n) is 5.82. The largest absolute Gasteiger partial charge is 0.469 e. The second-order valence-electron chi connectivity index (χ2n) is 4.98. The van der Waals surface area contributed by atoms with E-state index in [1.54, 1.807) is 20.8 Å². The van der Waals surface area contributed by atoms with Gasteiger partial charge in [-0.3, -0.25) is 9.59 Å². The molecular weight excluding hydrogens is 257 g/mol. The van der Waals surface area contributed by atoms with Gasteiger partial charge in [-0.25, -0.2) is 9.18 Å². The predicted molar refractivity (Wildman–Crippen MR) is 65.3 cm³/mol. The first-order valence-corrected chi connectivity index (χ1v) is 5.82. The molecular formula is C12H20FNO5. The second kappa shape index (κ2) is 7.70. The van der Waals surface area contributed by atoms with Crippen molar-refractivity contribution in [2.24, 2.45) is 5.92 Å². The van der Waals surface area contributed by atoms with Crippen molar-refractivity contribution in [1.29, 1.82) is 0 Å². The molecule has 0 aliphatic rings. The molecule has 0 aromatic carbocycles. The Hall–Kier alpha value is -1.66. The molecule has 0 bridgehead atoms. The van der Waals surface area contributed by atoms with Crippen molar-refractivity contribution in [2.45, 2.75) is 32.8 Å². The van der Waals surface area contributed by atoms with Crippen LogP contribution in [0.5, 0.6) is 0 Å². The molecule has 0 heterocycles. The molecule has 1 amide bonds. The summed E-state index contributed by atoms with van der Waals surface area (Å²) < 4.78 is 21.6. The van der Waals surface area contributed by atoms with Crippen LogP contribution in [0.4, 0.5) is 9.18 Å². The average Bonchev–Trinajstić information content (AvgIpc) is 2.30. The number of rotatable bonds is 6. The first kappa shape index (κ1) is 17.3. The van der Waals surface area contributed by atoms with Crippen molar-refractivity contribution in [3.63, 3.8) is 0 Å². The number of ketones is 1. The summed E-state index contributed by atoms with van der Waals surface area (Å²) in [6, 6.07) is 0. The summed E-state index contributed by atoms with van der Waals surface area (Å²) in [7, 11) is 1.16. The minimum Gasteiger partial charge on any atom is -0.469 e. The highest BCUT2D eigenvalue weighted by Gasteiger charge is 2.24. The number of amides is 1. The first-order chi connectivity index (χ1) is 8.69. The number of ether oxygens (including phenoxy) is 2. The van der Waals surface area contributed by atoms with E-state index < -0.39 is 36.0 Å². The minimum atomic E-state index is -1.15. The lowest BCUT2D eigenvalue weighted by molar-refractivity contribution is -0.147. The highest BCUT2D eigenvalue weighted by molar-refractivity contribution is 5.85. The number of carbonyl (C=O) groups excluding carboxylic acids is 3. The second-order valence-corrected chi connectivity index (χ2v) is 4.98. The number of alkyl halides is 1. The fraction of sp³-hybridized carbons (Fsp3) is 0.750. The third kappa shape index (κ3) is 8.12. The van der Waals surface area contributed by atoms with Gasteiger partial charge in [0.05, 0.1) is 13.0 Å². The number of methoxy groups -OCH3 is 1.